The Balaban J connectivity index is 1.73. The minimum absolute atomic E-state index is 0.258. The lowest BCUT2D eigenvalue weighted by Crippen LogP contribution is -2.47. The Hall–Kier alpha value is -5.18. The monoisotopic (exact) mass is 599 g/mol. The number of halogens is 1. The molecule has 15 heteroatoms. The Bertz CT molecular complexity index is 1640. The van der Waals surface area contributed by atoms with Crippen LogP contribution in [0.15, 0.2) is 41.2 Å². The predicted octanol–water partition coefficient (Wildman–Crippen LogP) is 1.04. The van der Waals surface area contributed by atoms with Gasteiger partial charge in [0.15, 0.2) is 5.78 Å². The van der Waals surface area contributed by atoms with Gasteiger partial charge in [-0.2, -0.15) is 0 Å². The third-order valence-corrected chi connectivity index (χ3v) is 6.70. The minimum Gasteiger partial charge on any atom is -0.481 e. The van der Waals surface area contributed by atoms with Crippen LogP contribution in [0.5, 0.6) is 0 Å². The number of aromatic nitrogens is 2. The molecular formula is C28H30FN5O9. The van der Waals surface area contributed by atoms with Gasteiger partial charge in [-0.15, -0.1) is 0 Å². The summed E-state index contributed by atoms with van der Waals surface area (Å²) in [6.07, 6.45) is -1.78. The molecule has 14 nitrogen and oxygen atoms in total. The standard InChI is InChI=1S/C28H30FN5O9/c1-13-31-21-7-3-14(9-17(21)26(39)32-13)12-34(2)15-4-5-16(19(29)10-15)25(38)33-22(28(42)43)11-18(27(40)41)24(37)20(30)6-8-23(35)36/h3-5,7,9-10,18,20,22H,6,8,11-12,30H2,1-2H3,(H,33,38)(H,35,36)(H,40,41)(H,42,43)(H,31,32,39)/t18?,20-,22-/m1/s1. The number of aromatic amines is 1. The van der Waals surface area contributed by atoms with Crippen LogP contribution in [0.3, 0.4) is 0 Å². The van der Waals surface area contributed by atoms with Crippen LogP contribution in [-0.2, 0) is 25.7 Å². The van der Waals surface area contributed by atoms with E-state index in [2.05, 4.69) is 9.97 Å². The zero-order valence-electron chi connectivity index (χ0n) is 23.2. The summed E-state index contributed by atoms with van der Waals surface area (Å²) < 4.78 is 15.0. The zero-order valence-corrected chi connectivity index (χ0v) is 23.2. The Morgan fingerprint density at radius 2 is 1.77 bits per heavy atom. The van der Waals surface area contributed by atoms with Crippen molar-refractivity contribution in [2.45, 2.75) is 44.8 Å². The van der Waals surface area contributed by atoms with Gasteiger partial charge in [-0.25, -0.2) is 14.2 Å². The first-order valence-corrected chi connectivity index (χ1v) is 13.0. The lowest BCUT2D eigenvalue weighted by atomic mass is 9.90. The number of aryl methyl sites for hydroxylation is 1. The number of nitrogens with one attached hydrogen (secondary N) is 2. The van der Waals surface area contributed by atoms with E-state index in [9.17, 15) is 39.0 Å². The first-order chi connectivity index (χ1) is 20.2. The second kappa shape index (κ2) is 13.7. The molecule has 2 aromatic carbocycles. The molecule has 1 unspecified atom stereocenters. The third kappa shape index (κ3) is 8.19. The van der Waals surface area contributed by atoms with E-state index >= 15 is 4.39 Å². The summed E-state index contributed by atoms with van der Waals surface area (Å²) in [5.74, 6) is -9.40. The second-order valence-electron chi connectivity index (χ2n) is 9.96. The molecule has 0 radical (unpaired) electrons. The molecule has 0 spiro atoms. The number of hydrogen-bond donors (Lipinski definition) is 6. The molecule has 0 aliphatic carbocycles. The summed E-state index contributed by atoms with van der Waals surface area (Å²) in [5.41, 5.74) is 6.38. The van der Waals surface area contributed by atoms with Gasteiger partial charge >= 0.3 is 17.9 Å². The predicted molar refractivity (Wildman–Crippen MR) is 150 cm³/mol. The van der Waals surface area contributed by atoms with Crippen LogP contribution in [-0.4, -0.2) is 74.0 Å². The zero-order chi connectivity index (χ0) is 32.0. The van der Waals surface area contributed by atoms with Gasteiger partial charge in [-0.1, -0.05) is 6.07 Å². The lowest BCUT2D eigenvalue weighted by Gasteiger charge is -2.22. The highest BCUT2D eigenvalue weighted by molar-refractivity contribution is 6.02. The number of hydrogen-bond acceptors (Lipinski definition) is 9. The number of ketones is 1. The van der Waals surface area contributed by atoms with E-state index in [0.29, 0.717) is 22.4 Å². The maximum absolute atomic E-state index is 15.0. The molecule has 7 N–H and O–H groups in total. The number of Topliss-reactive ketones (excluding diaryl/α,β-unsaturated/α-hetero) is 1. The number of nitrogens with zero attached hydrogens (tertiary/aromatic N) is 2. The quantitative estimate of drug-likeness (QED) is 0.143. The van der Waals surface area contributed by atoms with E-state index in [1.54, 1.807) is 37.1 Å². The summed E-state index contributed by atoms with van der Waals surface area (Å²) in [6, 6.07) is 5.32. The van der Waals surface area contributed by atoms with Crippen LogP contribution in [0, 0.1) is 18.7 Å². The maximum Gasteiger partial charge on any atom is 0.326 e. The molecule has 3 rings (SSSR count). The van der Waals surface area contributed by atoms with Crippen LogP contribution in [0.1, 0.15) is 41.0 Å². The number of fused-ring (bicyclic) bond motifs is 1. The molecule has 0 saturated carbocycles. The van der Waals surface area contributed by atoms with Crippen molar-refractivity contribution < 1.29 is 43.7 Å². The summed E-state index contributed by atoms with van der Waals surface area (Å²) in [6.45, 7) is 1.93. The Kier molecular flexibility index (Phi) is 10.3. The van der Waals surface area contributed by atoms with Gasteiger partial charge in [0.25, 0.3) is 11.5 Å². The second-order valence-corrected chi connectivity index (χ2v) is 9.96. The molecule has 0 fully saturated rings. The smallest absolute Gasteiger partial charge is 0.326 e. The Morgan fingerprint density at radius 3 is 2.37 bits per heavy atom. The number of carboxylic acids is 3. The molecule has 228 valence electrons. The van der Waals surface area contributed by atoms with Gasteiger partial charge < -0.3 is 36.3 Å². The molecule has 1 aromatic heterocycles. The summed E-state index contributed by atoms with van der Waals surface area (Å²) >= 11 is 0. The SMILES string of the molecule is Cc1nc2ccc(CN(C)c3ccc(C(=O)N[C@H](CC(C(=O)O)C(=O)[C@H](N)CCC(=O)O)C(=O)O)c(F)c3)cc2c(=O)[nH]1. The summed E-state index contributed by atoms with van der Waals surface area (Å²) in [5, 5.41) is 30.2. The van der Waals surface area contributed by atoms with Crippen LogP contribution < -0.4 is 21.5 Å². The Morgan fingerprint density at radius 1 is 1.07 bits per heavy atom. The van der Waals surface area contributed by atoms with Crippen molar-refractivity contribution in [1.82, 2.24) is 15.3 Å². The number of benzene rings is 2. The van der Waals surface area contributed by atoms with E-state index < -0.39 is 71.8 Å². The fourth-order valence-corrected chi connectivity index (χ4v) is 4.40. The van der Waals surface area contributed by atoms with Crippen LogP contribution >= 0.6 is 0 Å². The number of H-pyrrole nitrogens is 1. The van der Waals surface area contributed by atoms with Crippen molar-refractivity contribution >= 4 is 46.2 Å². The average Bonchev–Trinajstić information content (AvgIpc) is 2.93. The van der Waals surface area contributed by atoms with Gasteiger partial charge in [0, 0.05) is 25.7 Å². The normalized spacial score (nSPS) is 13.1. The lowest BCUT2D eigenvalue weighted by molar-refractivity contribution is -0.148. The fourth-order valence-electron chi connectivity index (χ4n) is 4.40. The number of aliphatic carboxylic acids is 3. The molecule has 0 saturated heterocycles. The summed E-state index contributed by atoms with van der Waals surface area (Å²) in [7, 11) is 1.65. The molecule has 0 aliphatic rings. The number of anilines is 1. The highest BCUT2D eigenvalue weighted by atomic mass is 19.1. The van der Waals surface area contributed by atoms with Crippen molar-refractivity contribution in [3.05, 3.63) is 69.5 Å². The van der Waals surface area contributed by atoms with Gasteiger partial charge in [0.05, 0.1) is 22.5 Å². The molecule has 3 aromatic rings. The summed E-state index contributed by atoms with van der Waals surface area (Å²) in [4.78, 5) is 80.3. The molecule has 43 heavy (non-hydrogen) atoms. The van der Waals surface area contributed by atoms with Crippen LogP contribution in [0.25, 0.3) is 10.9 Å². The van der Waals surface area contributed by atoms with Crippen molar-refractivity contribution in [2.75, 3.05) is 11.9 Å². The molecular weight excluding hydrogens is 569 g/mol. The third-order valence-electron chi connectivity index (χ3n) is 6.70. The topological polar surface area (TPSA) is 233 Å². The van der Waals surface area contributed by atoms with Crippen molar-refractivity contribution in [2.24, 2.45) is 11.7 Å². The van der Waals surface area contributed by atoms with Gasteiger partial charge in [-0.05, 0) is 55.7 Å². The van der Waals surface area contributed by atoms with E-state index in [1.165, 1.54) is 6.07 Å². The Labute approximate surface area is 243 Å². The number of carboxylic acid groups (broad SMARTS) is 3. The van der Waals surface area contributed by atoms with Gasteiger partial charge in [-0.3, -0.25) is 24.0 Å². The highest BCUT2D eigenvalue weighted by Gasteiger charge is 2.36. The van der Waals surface area contributed by atoms with Crippen LogP contribution in [0.4, 0.5) is 10.1 Å². The highest BCUT2D eigenvalue weighted by Crippen LogP contribution is 2.21. The number of carbonyl (C=O) groups excluding carboxylic acids is 2. The van der Waals surface area contributed by atoms with Gasteiger partial charge in [0.2, 0.25) is 0 Å². The number of nitrogens with two attached hydrogens (primary N) is 1. The van der Waals surface area contributed by atoms with Gasteiger partial charge in [0.1, 0.15) is 23.6 Å². The molecule has 1 heterocycles. The molecule has 1 amide bonds. The first-order valence-electron chi connectivity index (χ1n) is 13.0. The van der Waals surface area contributed by atoms with Crippen molar-refractivity contribution in [1.29, 1.82) is 0 Å². The van der Waals surface area contributed by atoms with Crippen molar-refractivity contribution in [3.63, 3.8) is 0 Å². The van der Waals surface area contributed by atoms with E-state index in [-0.39, 0.29) is 18.5 Å². The van der Waals surface area contributed by atoms with E-state index in [1.807, 2.05) is 5.32 Å². The first kappa shape index (κ1) is 32.3. The minimum atomic E-state index is -1.96. The number of rotatable bonds is 14. The average molecular weight is 600 g/mol. The fraction of sp³-hybridized carbons (Fsp3) is 0.321. The maximum atomic E-state index is 15.0. The molecule has 3 atom stereocenters. The number of carbonyl (C=O) groups is 5. The molecule has 0 aliphatic heterocycles. The van der Waals surface area contributed by atoms with Crippen molar-refractivity contribution in [3.8, 4) is 0 Å². The van der Waals surface area contributed by atoms with E-state index in [4.69, 9.17) is 10.8 Å². The molecule has 0 bridgehead atoms. The number of amides is 1. The van der Waals surface area contributed by atoms with E-state index in [0.717, 1.165) is 17.7 Å². The van der Waals surface area contributed by atoms with Crippen LogP contribution in [0.2, 0.25) is 0 Å². The largest absolute Gasteiger partial charge is 0.481 e.